The number of aromatic nitrogens is 1. The van der Waals surface area contributed by atoms with Crippen molar-refractivity contribution in [2.24, 2.45) is 11.8 Å². The normalized spacial score (nSPS) is 21.7. The van der Waals surface area contributed by atoms with E-state index in [-0.39, 0.29) is 23.6 Å². The molecular formula is C24H30N2O4. The molecule has 0 N–H and O–H groups in total. The van der Waals surface area contributed by atoms with E-state index in [2.05, 4.69) is 11.0 Å². The number of benzene rings is 1. The Hall–Kier alpha value is -2.60. The molecule has 6 nitrogen and oxygen atoms in total. The van der Waals surface area contributed by atoms with Crippen molar-refractivity contribution in [2.45, 2.75) is 38.8 Å². The summed E-state index contributed by atoms with van der Waals surface area (Å²) < 4.78 is 13.6. The van der Waals surface area contributed by atoms with Crippen LogP contribution in [0.5, 0.6) is 5.75 Å². The Bertz CT molecular complexity index is 924. The summed E-state index contributed by atoms with van der Waals surface area (Å²) in [5, 5.41) is 0. The highest BCUT2D eigenvalue weighted by Crippen LogP contribution is 2.35. The molecule has 1 aromatic carbocycles. The van der Waals surface area contributed by atoms with Gasteiger partial charge in [0.25, 0.3) is 5.56 Å². The van der Waals surface area contributed by atoms with Gasteiger partial charge in [0, 0.05) is 43.9 Å². The molecule has 2 aliphatic rings. The lowest BCUT2D eigenvalue weighted by molar-refractivity contribution is -0.155. The van der Waals surface area contributed by atoms with Crippen molar-refractivity contribution >= 4 is 5.97 Å². The molecule has 160 valence electrons. The SMILES string of the molecule is CC(C)C(=O)O[C@@H](COc1ccccc1)CN1C[C@@H]2C[C@H](C1)c1cccc(=O)n1C2. The van der Waals surface area contributed by atoms with Crippen molar-refractivity contribution in [3.63, 3.8) is 0 Å². The minimum atomic E-state index is -0.336. The average Bonchev–Trinajstić information content (AvgIpc) is 2.73. The van der Waals surface area contributed by atoms with Crippen LogP contribution in [0.25, 0.3) is 0 Å². The van der Waals surface area contributed by atoms with Gasteiger partial charge < -0.3 is 14.0 Å². The third-order valence-corrected chi connectivity index (χ3v) is 5.95. The van der Waals surface area contributed by atoms with E-state index >= 15 is 0 Å². The molecular weight excluding hydrogens is 380 g/mol. The Kier molecular flexibility index (Phi) is 6.23. The lowest BCUT2D eigenvalue weighted by Crippen LogP contribution is -2.50. The molecule has 0 amide bonds. The van der Waals surface area contributed by atoms with Gasteiger partial charge in [0.2, 0.25) is 0 Å². The highest BCUT2D eigenvalue weighted by atomic mass is 16.6. The quantitative estimate of drug-likeness (QED) is 0.657. The first-order chi connectivity index (χ1) is 14.5. The molecule has 1 saturated heterocycles. The molecule has 0 saturated carbocycles. The molecule has 0 unspecified atom stereocenters. The molecule has 2 aliphatic heterocycles. The van der Waals surface area contributed by atoms with Gasteiger partial charge in [-0.1, -0.05) is 38.1 Å². The summed E-state index contributed by atoms with van der Waals surface area (Å²) in [4.78, 5) is 26.9. The van der Waals surface area contributed by atoms with E-state index in [1.165, 1.54) is 0 Å². The van der Waals surface area contributed by atoms with Gasteiger partial charge in [0.1, 0.15) is 18.5 Å². The minimum absolute atomic E-state index is 0.0932. The van der Waals surface area contributed by atoms with Crippen molar-refractivity contribution < 1.29 is 14.3 Å². The lowest BCUT2D eigenvalue weighted by Gasteiger charge is -2.43. The van der Waals surface area contributed by atoms with Gasteiger partial charge in [0.15, 0.2) is 0 Å². The van der Waals surface area contributed by atoms with Crippen LogP contribution in [0, 0.1) is 11.8 Å². The Labute approximate surface area is 177 Å². The van der Waals surface area contributed by atoms with Gasteiger partial charge in [-0.05, 0) is 30.5 Å². The first-order valence-corrected chi connectivity index (χ1v) is 10.8. The number of carbonyl (C=O) groups excluding carboxylic acids is 1. The summed E-state index contributed by atoms with van der Waals surface area (Å²) in [5.41, 5.74) is 1.22. The second-order valence-corrected chi connectivity index (χ2v) is 8.75. The predicted molar refractivity (Wildman–Crippen MR) is 115 cm³/mol. The third-order valence-electron chi connectivity index (χ3n) is 5.95. The van der Waals surface area contributed by atoms with E-state index in [9.17, 15) is 9.59 Å². The van der Waals surface area contributed by atoms with Crippen LogP contribution >= 0.6 is 0 Å². The monoisotopic (exact) mass is 410 g/mol. The first kappa shape index (κ1) is 20.7. The molecule has 0 aliphatic carbocycles. The number of hydrogen-bond acceptors (Lipinski definition) is 5. The number of fused-ring (bicyclic) bond motifs is 4. The van der Waals surface area contributed by atoms with Gasteiger partial charge in [-0.25, -0.2) is 0 Å². The number of carbonyl (C=O) groups is 1. The van der Waals surface area contributed by atoms with Crippen molar-refractivity contribution in [2.75, 3.05) is 26.2 Å². The molecule has 2 aromatic rings. The van der Waals surface area contributed by atoms with Crippen LogP contribution in [-0.2, 0) is 16.1 Å². The predicted octanol–water partition coefficient (Wildman–Crippen LogP) is 2.91. The topological polar surface area (TPSA) is 60.8 Å². The largest absolute Gasteiger partial charge is 0.490 e. The number of para-hydroxylation sites is 1. The number of pyridine rings is 1. The molecule has 2 bridgehead atoms. The first-order valence-electron chi connectivity index (χ1n) is 10.8. The summed E-state index contributed by atoms with van der Waals surface area (Å²) >= 11 is 0. The van der Waals surface area contributed by atoms with Crippen molar-refractivity contribution in [3.8, 4) is 5.75 Å². The number of esters is 1. The fourth-order valence-corrected chi connectivity index (χ4v) is 4.56. The zero-order valence-corrected chi connectivity index (χ0v) is 17.7. The van der Waals surface area contributed by atoms with E-state index in [4.69, 9.17) is 9.47 Å². The van der Waals surface area contributed by atoms with Crippen LogP contribution in [0.15, 0.2) is 53.3 Å². The number of ether oxygens (including phenoxy) is 2. The molecule has 0 radical (unpaired) electrons. The lowest BCUT2D eigenvalue weighted by atomic mass is 9.83. The molecule has 3 atom stereocenters. The number of hydrogen-bond donors (Lipinski definition) is 0. The summed E-state index contributed by atoms with van der Waals surface area (Å²) in [6, 6.07) is 15.2. The Morgan fingerprint density at radius 1 is 1.07 bits per heavy atom. The molecule has 30 heavy (non-hydrogen) atoms. The number of likely N-dealkylation sites (tertiary alicyclic amines) is 1. The van der Waals surface area contributed by atoms with E-state index in [0.29, 0.717) is 25.0 Å². The van der Waals surface area contributed by atoms with Crippen LogP contribution in [0.2, 0.25) is 0 Å². The molecule has 0 spiro atoms. The van der Waals surface area contributed by atoms with Gasteiger partial charge in [-0.3, -0.25) is 14.5 Å². The van der Waals surface area contributed by atoms with E-state index < -0.39 is 0 Å². The minimum Gasteiger partial charge on any atom is -0.490 e. The number of nitrogens with zero attached hydrogens (tertiary/aromatic N) is 2. The molecule has 1 fully saturated rings. The van der Waals surface area contributed by atoms with E-state index in [0.717, 1.165) is 37.5 Å². The third kappa shape index (κ3) is 4.75. The van der Waals surface area contributed by atoms with Crippen molar-refractivity contribution in [3.05, 3.63) is 64.6 Å². The summed E-state index contributed by atoms with van der Waals surface area (Å²) in [5.74, 6) is 1.16. The summed E-state index contributed by atoms with van der Waals surface area (Å²) in [7, 11) is 0. The second kappa shape index (κ2) is 9.04. The maximum atomic E-state index is 12.3. The molecule has 3 heterocycles. The van der Waals surface area contributed by atoms with Crippen LogP contribution < -0.4 is 10.3 Å². The van der Waals surface area contributed by atoms with E-state index in [1.54, 1.807) is 6.07 Å². The molecule has 4 rings (SSSR count). The molecule has 6 heteroatoms. The number of rotatable bonds is 7. The van der Waals surface area contributed by atoms with Crippen LogP contribution in [-0.4, -0.2) is 47.8 Å². The Morgan fingerprint density at radius 3 is 2.63 bits per heavy atom. The van der Waals surface area contributed by atoms with Gasteiger partial charge in [-0.15, -0.1) is 0 Å². The zero-order valence-electron chi connectivity index (χ0n) is 17.7. The summed E-state index contributed by atoms with van der Waals surface area (Å²) in [6.07, 6.45) is 0.772. The van der Waals surface area contributed by atoms with Crippen LogP contribution in [0.4, 0.5) is 0 Å². The summed E-state index contributed by atoms with van der Waals surface area (Å²) in [6.45, 7) is 7.17. The molecule has 1 aromatic heterocycles. The van der Waals surface area contributed by atoms with E-state index in [1.807, 2.05) is 54.8 Å². The highest BCUT2D eigenvalue weighted by Gasteiger charge is 2.35. The Balaban J connectivity index is 1.44. The highest BCUT2D eigenvalue weighted by molar-refractivity contribution is 5.71. The second-order valence-electron chi connectivity index (χ2n) is 8.75. The standard InChI is InChI=1S/C24H30N2O4/c1-17(2)24(28)30-21(16-29-20-7-4-3-5-8-20)15-25-12-18-11-19(14-25)22-9-6-10-23(27)26(22)13-18/h3-10,17-19,21H,11-16H2,1-2H3/t18-,19+,21+/m0/s1. The smallest absolute Gasteiger partial charge is 0.308 e. The Morgan fingerprint density at radius 2 is 1.87 bits per heavy atom. The fraction of sp³-hybridized carbons (Fsp3) is 0.500. The fourth-order valence-electron chi connectivity index (χ4n) is 4.56. The van der Waals surface area contributed by atoms with Gasteiger partial charge >= 0.3 is 5.97 Å². The van der Waals surface area contributed by atoms with Crippen LogP contribution in [0.1, 0.15) is 31.9 Å². The number of piperidine rings is 1. The maximum Gasteiger partial charge on any atom is 0.308 e. The van der Waals surface area contributed by atoms with Gasteiger partial charge in [0.05, 0.1) is 5.92 Å². The van der Waals surface area contributed by atoms with Crippen molar-refractivity contribution in [1.29, 1.82) is 0 Å². The van der Waals surface area contributed by atoms with Crippen LogP contribution in [0.3, 0.4) is 0 Å². The van der Waals surface area contributed by atoms with Crippen molar-refractivity contribution in [1.82, 2.24) is 9.47 Å². The zero-order chi connectivity index (χ0) is 21.1. The maximum absolute atomic E-state index is 12.3. The average molecular weight is 411 g/mol. The van der Waals surface area contributed by atoms with Gasteiger partial charge in [-0.2, -0.15) is 0 Å².